The first-order valence-corrected chi connectivity index (χ1v) is 8.14. The molecular weight excluding hydrogens is 329 g/mol. The molecule has 0 saturated heterocycles. The molecule has 1 atom stereocenters. The largest absolute Gasteiger partial charge is 0.416 e. The second-order valence-electron chi connectivity index (χ2n) is 6.10. The number of carbonyl (C=O) groups is 1. The zero-order valence-corrected chi connectivity index (χ0v) is 13.7. The van der Waals surface area contributed by atoms with Gasteiger partial charge in [0.2, 0.25) is 0 Å². The van der Waals surface area contributed by atoms with E-state index in [2.05, 4.69) is 5.32 Å². The van der Waals surface area contributed by atoms with Gasteiger partial charge in [-0.3, -0.25) is 4.79 Å². The Balaban J connectivity index is 1.99. The van der Waals surface area contributed by atoms with Crippen LogP contribution in [0.3, 0.4) is 0 Å². The predicted octanol–water partition coefficient (Wildman–Crippen LogP) is 3.14. The van der Waals surface area contributed by atoms with Crippen LogP contribution in [-0.2, 0) is 11.0 Å². The van der Waals surface area contributed by atoms with Gasteiger partial charge in [-0.2, -0.15) is 13.2 Å². The zero-order valence-electron chi connectivity index (χ0n) is 13.0. The van der Waals surface area contributed by atoms with Crippen molar-refractivity contribution in [2.45, 2.75) is 44.3 Å². The van der Waals surface area contributed by atoms with Gasteiger partial charge in [-0.05, 0) is 43.9 Å². The molecule has 2 rings (SSSR count). The number of amides is 1. The van der Waals surface area contributed by atoms with Crippen molar-refractivity contribution in [2.75, 3.05) is 18.9 Å². The number of hydrogen-bond acceptors (Lipinski definition) is 1. The number of nitrogens with one attached hydrogen (secondary N) is 2. The Morgan fingerprint density at radius 1 is 1.30 bits per heavy atom. The number of benzene rings is 1. The quantitative estimate of drug-likeness (QED) is 0.860. The van der Waals surface area contributed by atoms with E-state index in [-0.39, 0.29) is 23.2 Å². The average molecular weight is 350 g/mol. The number of quaternary nitrogens is 1. The van der Waals surface area contributed by atoms with E-state index in [0.29, 0.717) is 6.04 Å². The third kappa shape index (κ3) is 5.11. The fourth-order valence-electron chi connectivity index (χ4n) is 2.98. The Kier molecular flexibility index (Phi) is 5.92. The SMILES string of the molecule is C[NH+](CC(=O)Nc1cc(C(F)(F)F)ccc1Cl)C1CCCCC1. The van der Waals surface area contributed by atoms with Crippen molar-refractivity contribution < 1.29 is 22.9 Å². The van der Waals surface area contributed by atoms with Gasteiger partial charge in [-0.1, -0.05) is 18.0 Å². The highest BCUT2D eigenvalue weighted by atomic mass is 35.5. The monoisotopic (exact) mass is 349 g/mol. The molecule has 7 heteroatoms. The van der Waals surface area contributed by atoms with Gasteiger partial charge in [0.15, 0.2) is 6.54 Å². The van der Waals surface area contributed by atoms with Crippen molar-refractivity contribution in [3.63, 3.8) is 0 Å². The molecule has 1 saturated carbocycles. The Morgan fingerprint density at radius 2 is 1.96 bits per heavy atom. The third-order valence-electron chi connectivity index (χ3n) is 4.31. The molecule has 1 aromatic rings. The maximum Gasteiger partial charge on any atom is 0.416 e. The van der Waals surface area contributed by atoms with Gasteiger partial charge in [0.25, 0.3) is 5.91 Å². The standard InChI is InChI=1S/C16H20ClF3N2O/c1-22(12-5-3-2-4-6-12)10-15(23)21-14-9-11(16(18,19)20)7-8-13(14)17/h7-9,12H,2-6,10H2,1H3,(H,21,23)/p+1. The molecule has 0 aliphatic heterocycles. The lowest BCUT2D eigenvalue weighted by atomic mass is 9.94. The van der Waals surface area contributed by atoms with Crippen LogP contribution in [0.4, 0.5) is 18.9 Å². The fraction of sp³-hybridized carbons (Fsp3) is 0.562. The van der Waals surface area contributed by atoms with Crippen molar-refractivity contribution in [1.82, 2.24) is 0 Å². The maximum absolute atomic E-state index is 12.7. The molecule has 23 heavy (non-hydrogen) atoms. The van der Waals surface area contributed by atoms with Gasteiger partial charge in [0, 0.05) is 0 Å². The van der Waals surface area contributed by atoms with Crippen LogP contribution < -0.4 is 10.2 Å². The van der Waals surface area contributed by atoms with Gasteiger partial charge >= 0.3 is 6.18 Å². The summed E-state index contributed by atoms with van der Waals surface area (Å²) in [7, 11) is 1.95. The number of carbonyl (C=O) groups excluding carboxylic acids is 1. The number of alkyl halides is 3. The maximum atomic E-state index is 12.7. The smallest absolute Gasteiger partial charge is 0.327 e. The van der Waals surface area contributed by atoms with Gasteiger partial charge < -0.3 is 10.2 Å². The van der Waals surface area contributed by atoms with Crippen LogP contribution in [0.1, 0.15) is 37.7 Å². The zero-order chi connectivity index (χ0) is 17.0. The predicted molar refractivity (Wildman–Crippen MR) is 83.7 cm³/mol. The number of hydrogen-bond donors (Lipinski definition) is 2. The number of likely N-dealkylation sites (N-methyl/N-ethyl adjacent to an activating group) is 1. The highest BCUT2D eigenvalue weighted by Crippen LogP contribution is 2.33. The van der Waals surface area contributed by atoms with Crippen LogP contribution in [0.2, 0.25) is 5.02 Å². The summed E-state index contributed by atoms with van der Waals surface area (Å²) in [5.41, 5.74) is -0.826. The minimum absolute atomic E-state index is 0.00272. The first-order chi connectivity index (χ1) is 10.8. The van der Waals surface area contributed by atoms with Crippen molar-refractivity contribution in [2.24, 2.45) is 0 Å². The van der Waals surface area contributed by atoms with Crippen LogP contribution >= 0.6 is 11.6 Å². The Hall–Kier alpha value is -1.27. The van der Waals surface area contributed by atoms with Crippen molar-refractivity contribution in [1.29, 1.82) is 0 Å². The lowest BCUT2D eigenvalue weighted by Gasteiger charge is -2.27. The minimum atomic E-state index is -4.46. The van der Waals surface area contributed by atoms with Crippen LogP contribution in [0.15, 0.2) is 18.2 Å². The molecular formula is C16H21ClF3N2O+. The van der Waals surface area contributed by atoms with Crippen molar-refractivity contribution in [3.8, 4) is 0 Å². The van der Waals surface area contributed by atoms with E-state index >= 15 is 0 Å². The van der Waals surface area contributed by atoms with Crippen LogP contribution in [0, 0.1) is 0 Å². The highest BCUT2D eigenvalue weighted by molar-refractivity contribution is 6.33. The summed E-state index contributed by atoms with van der Waals surface area (Å²) in [6.45, 7) is 0.219. The molecule has 2 N–H and O–H groups in total. The number of anilines is 1. The van der Waals surface area contributed by atoms with Crippen LogP contribution in [0.25, 0.3) is 0 Å². The molecule has 0 heterocycles. The summed E-state index contributed by atoms with van der Waals surface area (Å²) in [5.74, 6) is -0.325. The molecule has 0 spiro atoms. The van der Waals surface area contributed by atoms with Crippen molar-refractivity contribution in [3.05, 3.63) is 28.8 Å². The second-order valence-corrected chi connectivity index (χ2v) is 6.51. The van der Waals surface area contributed by atoms with Crippen molar-refractivity contribution >= 4 is 23.2 Å². The highest BCUT2D eigenvalue weighted by Gasteiger charge is 2.31. The van der Waals surface area contributed by atoms with Gasteiger partial charge in [0.05, 0.1) is 29.4 Å². The summed E-state index contributed by atoms with van der Waals surface area (Å²) in [5, 5.41) is 2.60. The van der Waals surface area contributed by atoms with Gasteiger partial charge in [-0.25, -0.2) is 0 Å². The summed E-state index contributed by atoms with van der Waals surface area (Å²) in [4.78, 5) is 13.2. The molecule has 128 valence electrons. The van der Waals surface area contributed by atoms with E-state index in [4.69, 9.17) is 11.6 Å². The van der Waals surface area contributed by atoms with E-state index in [9.17, 15) is 18.0 Å². The summed E-state index contributed by atoms with van der Waals surface area (Å²) in [6.07, 6.45) is 1.28. The number of rotatable bonds is 4. The lowest BCUT2D eigenvalue weighted by molar-refractivity contribution is -0.899. The third-order valence-corrected chi connectivity index (χ3v) is 4.64. The second kappa shape index (κ2) is 7.53. The van der Waals surface area contributed by atoms with E-state index in [1.807, 2.05) is 7.05 Å². The molecule has 1 unspecified atom stereocenters. The lowest BCUT2D eigenvalue weighted by Crippen LogP contribution is -3.14. The minimum Gasteiger partial charge on any atom is -0.327 e. The van der Waals surface area contributed by atoms with E-state index in [1.54, 1.807) is 0 Å². The normalized spacial score (nSPS) is 17.8. The average Bonchev–Trinajstić information content (AvgIpc) is 2.49. The van der Waals surface area contributed by atoms with E-state index in [0.717, 1.165) is 35.9 Å². The molecule has 1 amide bonds. The fourth-order valence-corrected chi connectivity index (χ4v) is 3.15. The molecule has 0 radical (unpaired) electrons. The first kappa shape index (κ1) is 18.1. The topological polar surface area (TPSA) is 33.5 Å². The van der Waals surface area contributed by atoms with Crippen LogP contribution in [-0.4, -0.2) is 25.5 Å². The van der Waals surface area contributed by atoms with Gasteiger partial charge in [0.1, 0.15) is 0 Å². The summed E-state index contributed by atoms with van der Waals surface area (Å²) in [6, 6.07) is 3.36. The molecule has 0 bridgehead atoms. The Morgan fingerprint density at radius 3 is 2.57 bits per heavy atom. The molecule has 1 fully saturated rings. The molecule has 0 aromatic heterocycles. The molecule has 1 aliphatic rings. The first-order valence-electron chi connectivity index (χ1n) is 7.76. The Bertz CT molecular complexity index is 557. The number of halogens is 4. The Labute approximate surface area is 138 Å². The van der Waals surface area contributed by atoms with Gasteiger partial charge in [-0.15, -0.1) is 0 Å². The molecule has 3 nitrogen and oxygen atoms in total. The summed E-state index contributed by atoms with van der Waals surface area (Å²) < 4.78 is 38.2. The summed E-state index contributed by atoms with van der Waals surface area (Å²) >= 11 is 5.89. The molecule has 1 aromatic carbocycles. The molecule has 1 aliphatic carbocycles. The van der Waals surface area contributed by atoms with Crippen LogP contribution in [0.5, 0.6) is 0 Å². The van der Waals surface area contributed by atoms with E-state index < -0.39 is 11.7 Å². The van der Waals surface area contributed by atoms with E-state index in [1.165, 1.54) is 19.3 Å².